The number of hydrogen-bond acceptors (Lipinski definition) is 7. The van der Waals surface area contributed by atoms with Gasteiger partial charge in [-0.15, -0.1) is 0 Å². The van der Waals surface area contributed by atoms with Crippen LogP contribution in [0.4, 0.5) is 0 Å². The van der Waals surface area contributed by atoms with E-state index >= 15 is 0 Å². The van der Waals surface area contributed by atoms with Crippen molar-refractivity contribution in [3.05, 3.63) is 12.2 Å². The normalized spacial score (nSPS) is 23.6. The molecule has 2 aliphatic rings. The molecule has 0 radical (unpaired) electrons. The summed E-state index contributed by atoms with van der Waals surface area (Å²) in [5.74, 6) is -0.272. The number of Topliss-reactive ketones (excluding diaryl/α,β-unsaturated/α-hetero) is 2. The van der Waals surface area contributed by atoms with E-state index in [1.165, 1.54) is 51.9 Å². The van der Waals surface area contributed by atoms with Gasteiger partial charge in [0.05, 0.1) is 30.3 Å². The van der Waals surface area contributed by atoms with Crippen molar-refractivity contribution in [3.63, 3.8) is 0 Å². The highest BCUT2D eigenvalue weighted by atomic mass is 16.6. The second-order valence-corrected chi connectivity index (χ2v) is 13.2. The Labute approximate surface area is 261 Å². The van der Waals surface area contributed by atoms with Gasteiger partial charge in [0.1, 0.15) is 17.7 Å². The zero-order chi connectivity index (χ0) is 31.3. The highest BCUT2D eigenvalue weighted by molar-refractivity contribution is 5.83. The summed E-state index contributed by atoms with van der Waals surface area (Å²) in [5.41, 5.74) is 0. The number of aliphatic hydroxyl groups excluding tert-OH is 2. The van der Waals surface area contributed by atoms with Gasteiger partial charge in [-0.2, -0.15) is 0 Å². The predicted molar refractivity (Wildman–Crippen MR) is 171 cm³/mol. The Hall–Kier alpha value is -1.57. The molecule has 0 aromatic heterocycles. The molecule has 0 aromatic rings. The minimum Gasteiger partial charge on any atom is -0.462 e. The lowest BCUT2D eigenvalue weighted by Crippen LogP contribution is -2.31. The van der Waals surface area contributed by atoms with Crippen molar-refractivity contribution in [2.24, 2.45) is 5.92 Å². The summed E-state index contributed by atoms with van der Waals surface area (Å²) in [6.07, 6.45) is 24.1. The third-order valence-corrected chi connectivity index (χ3v) is 9.10. The van der Waals surface area contributed by atoms with Gasteiger partial charge in [0.25, 0.3) is 0 Å². The number of hydrogen-bond donors (Lipinski definition) is 2. The van der Waals surface area contributed by atoms with Crippen molar-refractivity contribution in [1.29, 1.82) is 0 Å². The van der Waals surface area contributed by atoms with Crippen molar-refractivity contribution >= 4 is 17.5 Å². The van der Waals surface area contributed by atoms with E-state index in [4.69, 9.17) is 9.47 Å². The number of ketones is 2. The Morgan fingerprint density at radius 3 is 2.12 bits per heavy atom. The van der Waals surface area contributed by atoms with Gasteiger partial charge in [-0.1, -0.05) is 70.4 Å². The Balaban J connectivity index is 1.43. The van der Waals surface area contributed by atoms with E-state index in [-0.39, 0.29) is 48.2 Å². The van der Waals surface area contributed by atoms with Gasteiger partial charge >= 0.3 is 5.97 Å². The van der Waals surface area contributed by atoms with Crippen molar-refractivity contribution < 1.29 is 34.1 Å². The van der Waals surface area contributed by atoms with Gasteiger partial charge in [0, 0.05) is 19.3 Å². The fourth-order valence-electron chi connectivity index (χ4n) is 6.43. The largest absolute Gasteiger partial charge is 0.462 e. The summed E-state index contributed by atoms with van der Waals surface area (Å²) >= 11 is 0. The number of cyclic esters (lactones) is 1. The van der Waals surface area contributed by atoms with Gasteiger partial charge < -0.3 is 24.5 Å². The summed E-state index contributed by atoms with van der Waals surface area (Å²) in [4.78, 5) is 35.3. The number of ether oxygens (including phenoxy) is 2. The van der Waals surface area contributed by atoms with E-state index in [1.54, 1.807) is 0 Å². The fourth-order valence-corrected chi connectivity index (χ4v) is 6.43. The summed E-state index contributed by atoms with van der Waals surface area (Å²) in [6.45, 7) is 3.75. The minimum absolute atomic E-state index is 0.0151. The van der Waals surface area contributed by atoms with Crippen molar-refractivity contribution in [3.8, 4) is 0 Å². The lowest BCUT2D eigenvalue weighted by atomic mass is 9.96. The van der Waals surface area contributed by atoms with Crippen LogP contribution in [0.15, 0.2) is 12.2 Å². The summed E-state index contributed by atoms with van der Waals surface area (Å²) in [5, 5.41) is 21.2. The molecule has 2 rings (SSSR count). The monoisotopic (exact) mass is 606 g/mol. The Bertz CT molecular complexity index is 809. The first-order valence-corrected chi connectivity index (χ1v) is 17.7. The van der Waals surface area contributed by atoms with Gasteiger partial charge in [0.15, 0.2) is 0 Å². The molecule has 2 fully saturated rings. The first-order chi connectivity index (χ1) is 20.8. The van der Waals surface area contributed by atoms with Crippen LogP contribution in [-0.2, 0) is 23.9 Å². The number of esters is 1. The van der Waals surface area contributed by atoms with Crippen LogP contribution in [0, 0.1) is 5.92 Å². The number of carbonyl (C=O) groups is 3. The third kappa shape index (κ3) is 16.9. The van der Waals surface area contributed by atoms with E-state index < -0.39 is 12.2 Å². The molecule has 1 unspecified atom stereocenters. The van der Waals surface area contributed by atoms with Crippen LogP contribution in [0.2, 0.25) is 0 Å². The molecule has 7 nitrogen and oxygen atoms in total. The molecule has 0 aromatic carbocycles. The van der Waals surface area contributed by atoms with Crippen LogP contribution in [-0.4, -0.2) is 58.3 Å². The molecule has 248 valence electrons. The summed E-state index contributed by atoms with van der Waals surface area (Å²) in [7, 11) is 0. The highest BCUT2D eigenvalue weighted by Crippen LogP contribution is 2.29. The average Bonchev–Trinajstić information content (AvgIpc) is 3.60. The molecule has 2 saturated heterocycles. The number of allylic oxidation sites excluding steroid dienone is 2. The molecule has 6 atom stereocenters. The summed E-state index contributed by atoms with van der Waals surface area (Å²) < 4.78 is 11.4. The number of unbranched alkanes of at least 4 members (excludes halogenated alkanes) is 10. The van der Waals surface area contributed by atoms with Crippen molar-refractivity contribution in [2.45, 2.75) is 192 Å². The second-order valence-electron chi connectivity index (χ2n) is 13.2. The van der Waals surface area contributed by atoms with Crippen LogP contribution < -0.4 is 0 Å². The van der Waals surface area contributed by atoms with Crippen LogP contribution in [0.3, 0.4) is 0 Å². The zero-order valence-corrected chi connectivity index (χ0v) is 27.3. The molecular formula is C36H62O7. The Kier molecular flexibility index (Phi) is 20.0. The first kappa shape index (κ1) is 37.6. The zero-order valence-electron chi connectivity index (χ0n) is 27.3. The molecule has 43 heavy (non-hydrogen) atoms. The topological polar surface area (TPSA) is 110 Å². The quantitative estimate of drug-likeness (QED) is 0.0589. The number of carbonyl (C=O) groups excluding carboxylic acids is 3. The van der Waals surface area contributed by atoms with E-state index in [0.29, 0.717) is 32.1 Å². The maximum absolute atomic E-state index is 12.2. The van der Waals surface area contributed by atoms with E-state index in [2.05, 4.69) is 19.1 Å². The van der Waals surface area contributed by atoms with Crippen LogP contribution in [0.5, 0.6) is 0 Å². The molecule has 0 bridgehead atoms. The first-order valence-electron chi connectivity index (χ1n) is 17.7. The molecule has 0 spiro atoms. The average molecular weight is 607 g/mol. The summed E-state index contributed by atoms with van der Waals surface area (Å²) in [6, 6.07) is 0. The third-order valence-electron chi connectivity index (χ3n) is 9.10. The van der Waals surface area contributed by atoms with Gasteiger partial charge in [-0.25, -0.2) is 0 Å². The van der Waals surface area contributed by atoms with E-state index in [1.807, 2.05) is 0 Å². The van der Waals surface area contributed by atoms with E-state index in [0.717, 1.165) is 64.2 Å². The van der Waals surface area contributed by atoms with Gasteiger partial charge in [-0.3, -0.25) is 9.59 Å². The Morgan fingerprint density at radius 2 is 1.42 bits per heavy atom. The molecule has 2 N–H and O–H groups in total. The standard InChI is InChI=1S/C36H62O7/c1-3-4-5-6-7-8-9-10-11-12-15-22-32(39)34-24-25-35(43-34)33(40)23-16-13-14-19-30(38)20-17-18-21-31-27-29(26-28(2)37)36(41)42-31/h11-12,29,31-35,39-40H,3-10,13-27H2,1-2H3/t29?,31-,32-,33-,34-,35-/m1/s1. The predicted octanol–water partition coefficient (Wildman–Crippen LogP) is 7.72. The van der Waals surface area contributed by atoms with Crippen molar-refractivity contribution in [2.75, 3.05) is 0 Å². The van der Waals surface area contributed by atoms with Gasteiger partial charge in [-0.05, 0) is 84.0 Å². The van der Waals surface area contributed by atoms with Crippen LogP contribution >= 0.6 is 0 Å². The molecule has 7 heteroatoms. The SMILES string of the molecule is CCCCCCCCCC=CCC[C@@H](O)[C@H]1CC[C@H]([C@H](O)CCCCCC(=O)CCCC[C@@H]2CC(CC(C)=O)C(=O)O2)O1. The van der Waals surface area contributed by atoms with Gasteiger partial charge in [0.2, 0.25) is 0 Å². The van der Waals surface area contributed by atoms with Crippen LogP contribution in [0.25, 0.3) is 0 Å². The fraction of sp³-hybridized carbons (Fsp3) is 0.861. The van der Waals surface area contributed by atoms with Crippen molar-refractivity contribution in [1.82, 2.24) is 0 Å². The number of aliphatic hydroxyl groups is 2. The maximum atomic E-state index is 12.2. The molecule has 0 saturated carbocycles. The lowest BCUT2D eigenvalue weighted by molar-refractivity contribution is -0.145. The Morgan fingerprint density at radius 1 is 0.814 bits per heavy atom. The molecule has 2 aliphatic heterocycles. The smallest absolute Gasteiger partial charge is 0.309 e. The maximum Gasteiger partial charge on any atom is 0.309 e. The number of rotatable bonds is 26. The van der Waals surface area contributed by atoms with E-state index in [9.17, 15) is 24.6 Å². The second kappa shape index (κ2) is 22.9. The molecule has 0 amide bonds. The minimum atomic E-state index is -0.519. The van der Waals surface area contributed by atoms with Crippen LogP contribution in [0.1, 0.15) is 162 Å². The lowest BCUT2D eigenvalue weighted by Gasteiger charge is -2.22. The molecule has 2 heterocycles. The highest BCUT2D eigenvalue weighted by Gasteiger charge is 2.35. The molecule has 0 aliphatic carbocycles. The molecular weight excluding hydrogens is 544 g/mol.